The third-order valence-corrected chi connectivity index (χ3v) is 4.68. The highest BCUT2D eigenvalue weighted by Crippen LogP contribution is 2.44. The van der Waals surface area contributed by atoms with E-state index < -0.39 is 0 Å². The van der Waals surface area contributed by atoms with Crippen molar-refractivity contribution in [1.82, 2.24) is 0 Å². The van der Waals surface area contributed by atoms with E-state index in [4.69, 9.17) is 9.47 Å². The maximum absolute atomic E-state index is 12.4. The number of rotatable bonds is 4. The fourth-order valence-corrected chi connectivity index (χ4v) is 3.03. The molecule has 0 aromatic heterocycles. The molecule has 0 spiro atoms. The average molecular weight is 378 g/mol. The molecule has 3 aromatic rings. The van der Waals surface area contributed by atoms with Crippen molar-refractivity contribution in [3.63, 3.8) is 0 Å². The van der Waals surface area contributed by atoms with E-state index in [0.29, 0.717) is 11.5 Å². The molecule has 0 amide bonds. The van der Waals surface area contributed by atoms with Crippen molar-refractivity contribution in [2.24, 2.45) is 11.8 Å². The van der Waals surface area contributed by atoms with E-state index in [9.17, 15) is 9.59 Å². The summed E-state index contributed by atoms with van der Waals surface area (Å²) in [5.74, 6) is -0.0701. The van der Waals surface area contributed by atoms with Gasteiger partial charge in [0.1, 0.15) is 11.5 Å². The van der Waals surface area contributed by atoms with Gasteiger partial charge < -0.3 is 9.47 Å². The second-order valence-corrected chi connectivity index (χ2v) is 7.91. The molecule has 3 rings (SSSR count). The number of hydrogen-bond donors (Lipinski definition) is 0. The SMILES string of the molecule is Cc1ccc2c(OC(=O)C(C)C)c3cc(C)ccc3c(OC(=O)C(C)C)c2c1. The Morgan fingerprint density at radius 3 is 1.32 bits per heavy atom. The van der Waals surface area contributed by atoms with E-state index in [1.165, 1.54) is 0 Å². The Morgan fingerprint density at radius 2 is 1.00 bits per heavy atom. The monoisotopic (exact) mass is 378 g/mol. The van der Waals surface area contributed by atoms with E-state index in [2.05, 4.69) is 0 Å². The minimum absolute atomic E-state index is 0.251. The molecule has 0 saturated carbocycles. The highest BCUT2D eigenvalue weighted by Gasteiger charge is 2.22. The minimum Gasteiger partial charge on any atom is -0.425 e. The van der Waals surface area contributed by atoms with Crippen LogP contribution in [0.15, 0.2) is 36.4 Å². The molecule has 0 heterocycles. The van der Waals surface area contributed by atoms with Gasteiger partial charge in [0.25, 0.3) is 0 Å². The number of fused-ring (bicyclic) bond motifs is 2. The van der Waals surface area contributed by atoms with Crippen molar-refractivity contribution >= 4 is 33.5 Å². The lowest BCUT2D eigenvalue weighted by molar-refractivity contribution is -0.138. The first-order valence-electron chi connectivity index (χ1n) is 9.59. The normalized spacial score (nSPS) is 11.4. The zero-order chi connectivity index (χ0) is 20.6. The van der Waals surface area contributed by atoms with Crippen LogP contribution in [-0.4, -0.2) is 11.9 Å². The lowest BCUT2D eigenvalue weighted by atomic mass is 9.97. The van der Waals surface area contributed by atoms with E-state index in [0.717, 1.165) is 32.7 Å². The number of carbonyl (C=O) groups is 2. The number of carbonyl (C=O) groups excluding carboxylic acids is 2. The Bertz CT molecular complexity index is 990. The number of aryl methyl sites for hydroxylation is 2. The largest absolute Gasteiger partial charge is 0.425 e. The summed E-state index contributed by atoms with van der Waals surface area (Å²) in [6.45, 7) is 11.2. The highest BCUT2D eigenvalue weighted by molar-refractivity contribution is 6.13. The predicted octanol–water partition coefficient (Wildman–Crippen LogP) is 5.73. The summed E-state index contributed by atoms with van der Waals surface area (Å²) in [5, 5.41) is 3.03. The molecule has 0 aliphatic rings. The summed E-state index contributed by atoms with van der Waals surface area (Å²) >= 11 is 0. The molecule has 146 valence electrons. The Balaban J connectivity index is 2.40. The van der Waals surface area contributed by atoms with Crippen molar-refractivity contribution in [2.75, 3.05) is 0 Å². The zero-order valence-electron chi connectivity index (χ0n) is 17.3. The average Bonchev–Trinajstić information content (AvgIpc) is 2.63. The van der Waals surface area contributed by atoms with Crippen molar-refractivity contribution < 1.29 is 19.1 Å². The zero-order valence-corrected chi connectivity index (χ0v) is 17.3. The fraction of sp³-hybridized carbons (Fsp3) is 0.333. The molecule has 0 fully saturated rings. The molecule has 4 nitrogen and oxygen atoms in total. The Labute approximate surface area is 165 Å². The first-order valence-corrected chi connectivity index (χ1v) is 9.59. The van der Waals surface area contributed by atoms with E-state index in [1.807, 2.05) is 50.2 Å². The van der Waals surface area contributed by atoms with Gasteiger partial charge in [-0.1, -0.05) is 63.1 Å². The molecule has 3 aromatic carbocycles. The molecular formula is C24H26O4. The van der Waals surface area contributed by atoms with E-state index in [1.54, 1.807) is 27.7 Å². The fourth-order valence-electron chi connectivity index (χ4n) is 3.03. The molecular weight excluding hydrogens is 352 g/mol. The molecule has 28 heavy (non-hydrogen) atoms. The minimum atomic E-state index is -0.295. The Kier molecular flexibility index (Phi) is 5.41. The van der Waals surface area contributed by atoms with Gasteiger partial charge in [0.05, 0.1) is 11.8 Å². The van der Waals surface area contributed by atoms with Crippen LogP contribution in [0.25, 0.3) is 21.5 Å². The highest BCUT2D eigenvalue weighted by atomic mass is 16.5. The molecule has 0 aliphatic carbocycles. The maximum atomic E-state index is 12.4. The van der Waals surface area contributed by atoms with Crippen LogP contribution in [0.3, 0.4) is 0 Å². The van der Waals surface area contributed by atoms with Crippen LogP contribution in [0.4, 0.5) is 0 Å². The van der Waals surface area contributed by atoms with Gasteiger partial charge in [-0.25, -0.2) is 0 Å². The second-order valence-electron chi connectivity index (χ2n) is 7.91. The molecule has 0 atom stereocenters. The standard InChI is InChI=1S/C24H26O4/c1-13(2)23(25)27-21-17-9-7-16(6)12-20(17)22(28-24(26)14(3)4)18-10-8-15(5)11-19(18)21/h7-14H,1-6H3. The first kappa shape index (κ1) is 19.9. The maximum Gasteiger partial charge on any atom is 0.313 e. The van der Waals surface area contributed by atoms with Gasteiger partial charge in [-0.05, 0) is 26.0 Å². The molecule has 0 N–H and O–H groups in total. The van der Waals surface area contributed by atoms with Crippen molar-refractivity contribution in [3.8, 4) is 11.5 Å². The van der Waals surface area contributed by atoms with Crippen LogP contribution in [0, 0.1) is 25.7 Å². The molecule has 0 saturated heterocycles. The first-order chi connectivity index (χ1) is 13.2. The summed E-state index contributed by atoms with van der Waals surface area (Å²) in [6.07, 6.45) is 0. The van der Waals surface area contributed by atoms with Crippen LogP contribution >= 0.6 is 0 Å². The number of ether oxygens (including phenoxy) is 2. The van der Waals surface area contributed by atoms with Crippen LogP contribution in [-0.2, 0) is 9.59 Å². The predicted molar refractivity (Wildman–Crippen MR) is 112 cm³/mol. The molecule has 0 radical (unpaired) electrons. The Morgan fingerprint density at radius 1 is 0.643 bits per heavy atom. The smallest absolute Gasteiger partial charge is 0.313 e. The van der Waals surface area contributed by atoms with Gasteiger partial charge in [0.2, 0.25) is 0 Å². The van der Waals surface area contributed by atoms with Crippen LogP contribution in [0.2, 0.25) is 0 Å². The Hall–Kier alpha value is -2.88. The van der Waals surface area contributed by atoms with E-state index in [-0.39, 0.29) is 23.8 Å². The quantitative estimate of drug-likeness (QED) is 0.330. The van der Waals surface area contributed by atoms with Gasteiger partial charge in [-0.15, -0.1) is 0 Å². The second kappa shape index (κ2) is 7.63. The number of benzene rings is 3. The summed E-state index contributed by atoms with van der Waals surface area (Å²) in [5.41, 5.74) is 2.06. The van der Waals surface area contributed by atoms with Crippen LogP contribution < -0.4 is 9.47 Å². The van der Waals surface area contributed by atoms with Crippen molar-refractivity contribution in [1.29, 1.82) is 0 Å². The van der Waals surface area contributed by atoms with E-state index >= 15 is 0 Å². The van der Waals surface area contributed by atoms with Gasteiger partial charge in [-0.3, -0.25) is 9.59 Å². The van der Waals surface area contributed by atoms with Gasteiger partial charge >= 0.3 is 11.9 Å². The number of esters is 2. The van der Waals surface area contributed by atoms with Crippen LogP contribution in [0.5, 0.6) is 11.5 Å². The van der Waals surface area contributed by atoms with Gasteiger partial charge in [0, 0.05) is 21.5 Å². The molecule has 0 unspecified atom stereocenters. The van der Waals surface area contributed by atoms with Crippen molar-refractivity contribution in [3.05, 3.63) is 47.5 Å². The molecule has 0 aliphatic heterocycles. The van der Waals surface area contributed by atoms with Gasteiger partial charge in [-0.2, -0.15) is 0 Å². The third-order valence-electron chi connectivity index (χ3n) is 4.68. The summed E-state index contributed by atoms with van der Waals surface area (Å²) < 4.78 is 11.7. The lowest BCUT2D eigenvalue weighted by Crippen LogP contribution is -2.17. The van der Waals surface area contributed by atoms with Gasteiger partial charge in [0.15, 0.2) is 0 Å². The number of hydrogen-bond acceptors (Lipinski definition) is 4. The summed E-state index contributed by atoms with van der Waals surface area (Å²) in [7, 11) is 0. The van der Waals surface area contributed by atoms with Crippen LogP contribution in [0.1, 0.15) is 38.8 Å². The van der Waals surface area contributed by atoms with Crippen molar-refractivity contribution in [2.45, 2.75) is 41.5 Å². The molecule has 4 heteroatoms. The molecule has 0 bridgehead atoms. The lowest BCUT2D eigenvalue weighted by Gasteiger charge is -2.18. The summed E-state index contributed by atoms with van der Waals surface area (Å²) in [6, 6.07) is 11.7. The third kappa shape index (κ3) is 3.72. The summed E-state index contributed by atoms with van der Waals surface area (Å²) in [4.78, 5) is 24.8. The topological polar surface area (TPSA) is 52.6 Å².